The Morgan fingerprint density at radius 2 is 0.967 bits per heavy atom. The highest BCUT2D eigenvalue weighted by Crippen LogP contribution is 2.25. The van der Waals surface area contributed by atoms with Gasteiger partial charge in [0.25, 0.3) is 0 Å². The van der Waals surface area contributed by atoms with Gasteiger partial charge in [0.1, 0.15) is 13.1 Å². The Morgan fingerprint density at radius 1 is 0.633 bits per heavy atom. The molecule has 0 aliphatic heterocycles. The average Bonchev–Trinajstić information content (AvgIpc) is 3.10. The molecule has 0 spiro atoms. The van der Waals surface area contributed by atoms with E-state index in [1.807, 2.05) is 0 Å². The molecular weight excluding hydrogens is 414 g/mol. The Hall–Kier alpha value is -3.44. The first-order valence-electron chi connectivity index (χ1n) is 8.49. The number of hydrogen-bond donors (Lipinski definition) is 2. The second-order valence-corrected chi connectivity index (χ2v) is 6.32. The van der Waals surface area contributed by atoms with Gasteiger partial charge in [0.05, 0.1) is 22.1 Å². The van der Waals surface area contributed by atoms with Gasteiger partial charge in [0.2, 0.25) is 11.9 Å². The second kappa shape index (κ2) is 7.76. The fraction of sp³-hybridized carbons (Fsp3) is 0.222. The monoisotopic (exact) mass is 430 g/mol. The number of para-hydroxylation sites is 4. The normalized spacial score (nSPS) is 12.2. The van der Waals surface area contributed by atoms with Gasteiger partial charge in [-0.25, -0.2) is 9.97 Å². The minimum Gasteiger partial charge on any atom is -0.369 e. The summed E-state index contributed by atoms with van der Waals surface area (Å²) >= 11 is 0. The zero-order valence-corrected chi connectivity index (χ0v) is 15.2. The van der Waals surface area contributed by atoms with Crippen LogP contribution in [0.4, 0.5) is 38.2 Å². The van der Waals surface area contributed by atoms with Crippen LogP contribution in [0.5, 0.6) is 0 Å². The van der Waals surface area contributed by atoms with Crippen molar-refractivity contribution in [1.82, 2.24) is 19.1 Å². The number of nitrogens with zero attached hydrogens (tertiary/aromatic N) is 4. The molecule has 160 valence electrons. The van der Waals surface area contributed by atoms with Crippen molar-refractivity contribution in [3.05, 3.63) is 48.5 Å². The highest BCUT2D eigenvalue weighted by atomic mass is 19.4. The standard InChI is InChI=1S/2C9H8F3N3/c2*10-9(11,12)5-15-7-4-2-1-3-6(7)14-8(15)13/h2*1-4H,5H2,(H2,13,14). The van der Waals surface area contributed by atoms with Crippen molar-refractivity contribution in [3.8, 4) is 0 Å². The molecule has 4 rings (SSSR count). The van der Waals surface area contributed by atoms with Crippen molar-refractivity contribution in [2.24, 2.45) is 0 Å². The van der Waals surface area contributed by atoms with Gasteiger partial charge < -0.3 is 20.6 Å². The molecule has 6 nitrogen and oxygen atoms in total. The highest BCUT2D eigenvalue weighted by Gasteiger charge is 2.30. The fourth-order valence-corrected chi connectivity index (χ4v) is 2.88. The van der Waals surface area contributed by atoms with E-state index >= 15 is 0 Å². The van der Waals surface area contributed by atoms with Crippen molar-refractivity contribution in [1.29, 1.82) is 0 Å². The number of alkyl halides is 6. The zero-order chi connectivity index (χ0) is 22.1. The number of nitrogen functional groups attached to an aromatic ring is 2. The van der Waals surface area contributed by atoms with Crippen LogP contribution in [0.25, 0.3) is 22.1 Å². The summed E-state index contributed by atoms with van der Waals surface area (Å²) in [7, 11) is 0. The molecule has 4 aromatic rings. The molecule has 4 N–H and O–H groups in total. The van der Waals surface area contributed by atoms with E-state index in [1.54, 1.807) is 48.5 Å². The number of benzene rings is 2. The quantitative estimate of drug-likeness (QED) is 0.463. The van der Waals surface area contributed by atoms with Crippen LogP contribution < -0.4 is 11.5 Å². The lowest BCUT2D eigenvalue weighted by Crippen LogP contribution is -2.18. The van der Waals surface area contributed by atoms with Crippen molar-refractivity contribution in [3.63, 3.8) is 0 Å². The van der Waals surface area contributed by atoms with E-state index in [1.165, 1.54) is 0 Å². The van der Waals surface area contributed by atoms with Gasteiger partial charge in [0.15, 0.2) is 0 Å². The van der Waals surface area contributed by atoms with E-state index in [-0.39, 0.29) is 11.9 Å². The van der Waals surface area contributed by atoms with E-state index in [2.05, 4.69) is 9.97 Å². The average molecular weight is 430 g/mol. The topological polar surface area (TPSA) is 87.7 Å². The summed E-state index contributed by atoms with van der Waals surface area (Å²) in [6.45, 7) is -2.22. The Kier molecular flexibility index (Phi) is 5.51. The molecule has 0 unspecified atom stereocenters. The predicted molar refractivity (Wildman–Crippen MR) is 100 cm³/mol. The van der Waals surface area contributed by atoms with Gasteiger partial charge in [-0.3, -0.25) is 0 Å². The van der Waals surface area contributed by atoms with Crippen LogP contribution in [-0.2, 0) is 13.1 Å². The van der Waals surface area contributed by atoms with Gasteiger partial charge in [-0.1, -0.05) is 24.3 Å². The summed E-state index contributed by atoms with van der Waals surface area (Å²) in [5.41, 5.74) is 12.6. The van der Waals surface area contributed by atoms with Crippen LogP contribution in [0.15, 0.2) is 48.5 Å². The lowest BCUT2D eigenvalue weighted by Gasteiger charge is -2.09. The number of hydrogen-bond acceptors (Lipinski definition) is 4. The molecule has 2 aromatic carbocycles. The Balaban J connectivity index is 0.000000171. The molecule has 0 aliphatic carbocycles. The van der Waals surface area contributed by atoms with Crippen molar-refractivity contribution < 1.29 is 26.3 Å². The summed E-state index contributed by atoms with van der Waals surface area (Å²) in [5.74, 6) is -0.234. The van der Waals surface area contributed by atoms with Crippen LogP contribution >= 0.6 is 0 Å². The molecular formula is C18H16F6N6. The third-order valence-electron chi connectivity index (χ3n) is 4.04. The zero-order valence-electron chi connectivity index (χ0n) is 15.2. The van der Waals surface area contributed by atoms with Gasteiger partial charge >= 0.3 is 12.4 Å². The fourth-order valence-electron chi connectivity index (χ4n) is 2.88. The van der Waals surface area contributed by atoms with Crippen LogP contribution in [-0.4, -0.2) is 31.5 Å². The second-order valence-electron chi connectivity index (χ2n) is 6.32. The number of aromatic nitrogens is 4. The molecule has 2 aromatic heterocycles. The van der Waals surface area contributed by atoms with Crippen LogP contribution in [0, 0.1) is 0 Å². The maximum Gasteiger partial charge on any atom is 0.406 e. The minimum atomic E-state index is -4.29. The SMILES string of the molecule is Nc1nc2ccccc2n1CC(F)(F)F.Nc1nc2ccccc2n1CC(F)(F)F. The highest BCUT2D eigenvalue weighted by molar-refractivity contribution is 5.78. The largest absolute Gasteiger partial charge is 0.406 e. The van der Waals surface area contributed by atoms with Gasteiger partial charge in [-0.15, -0.1) is 0 Å². The van der Waals surface area contributed by atoms with Gasteiger partial charge in [-0.2, -0.15) is 26.3 Å². The number of halogens is 6. The molecule has 0 amide bonds. The molecule has 0 atom stereocenters. The van der Waals surface area contributed by atoms with Crippen LogP contribution in [0.1, 0.15) is 0 Å². The number of anilines is 2. The molecule has 30 heavy (non-hydrogen) atoms. The van der Waals surface area contributed by atoms with Gasteiger partial charge in [0, 0.05) is 0 Å². The molecule has 0 aliphatic rings. The van der Waals surface area contributed by atoms with Crippen molar-refractivity contribution in [2.75, 3.05) is 11.5 Å². The number of fused-ring (bicyclic) bond motifs is 2. The Labute approximate surface area is 165 Å². The number of nitrogens with two attached hydrogens (primary N) is 2. The van der Waals surface area contributed by atoms with Gasteiger partial charge in [-0.05, 0) is 24.3 Å². The van der Waals surface area contributed by atoms with E-state index < -0.39 is 25.4 Å². The Morgan fingerprint density at radius 3 is 1.30 bits per heavy atom. The lowest BCUT2D eigenvalue weighted by molar-refractivity contribution is -0.140. The first kappa shape index (κ1) is 21.3. The number of imidazole rings is 2. The van der Waals surface area contributed by atoms with Crippen LogP contribution in [0.3, 0.4) is 0 Å². The van der Waals surface area contributed by atoms with E-state index in [0.29, 0.717) is 22.1 Å². The summed E-state index contributed by atoms with van der Waals surface area (Å²) in [6, 6.07) is 13.1. The maximum absolute atomic E-state index is 12.2. The maximum atomic E-state index is 12.2. The van der Waals surface area contributed by atoms with Crippen molar-refractivity contribution >= 4 is 34.0 Å². The molecule has 0 bridgehead atoms. The Bertz CT molecular complexity index is 1070. The first-order valence-corrected chi connectivity index (χ1v) is 8.49. The third-order valence-corrected chi connectivity index (χ3v) is 4.04. The molecule has 12 heteroatoms. The first-order chi connectivity index (χ1) is 13.9. The summed E-state index contributed by atoms with van der Waals surface area (Å²) in [5, 5.41) is 0. The third kappa shape index (κ3) is 4.93. The molecule has 0 radical (unpaired) electrons. The summed E-state index contributed by atoms with van der Waals surface area (Å²) < 4.78 is 75.2. The minimum absolute atomic E-state index is 0.117. The molecule has 0 saturated heterocycles. The molecule has 0 saturated carbocycles. The molecule has 2 heterocycles. The lowest BCUT2D eigenvalue weighted by atomic mass is 10.3. The van der Waals surface area contributed by atoms with E-state index in [9.17, 15) is 26.3 Å². The van der Waals surface area contributed by atoms with Crippen LogP contribution in [0.2, 0.25) is 0 Å². The van der Waals surface area contributed by atoms with E-state index in [4.69, 9.17) is 11.5 Å². The summed E-state index contributed by atoms with van der Waals surface area (Å²) in [6.07, 6.45) is -8.59. The summed E-state index contributed by atoms with van der Waals surface area (Å²) in [4.78, 5) is 7.68. The predicted octanol–water partition coefficient (Wildman–Crippen LogP) is 4.36. The van der Waals surface area contributed by atoms with Crippen molar-refractivity contribution in [2.45, 2.75) is 25.4 Å². The van der Waals surface area contributed by atoms with E-state index in [0.717, 1.165) is 9.13 Å². The number of rotatable bonds is 2. The molecule has 0 fully saturated rings. The smallest absolute Gasteiger partial charge is 0.369 e.